The molecule has 0 saturated carbocycles. The van der Waals surface area contributed by atoms with Gasteiger partial charge in [0.15, 0.2) is 0 Å². The number of rotatable bonds is 5. The average molecular weight is 407 g/mol. The van der Waals surface area contributed by atoms with E-state index in [0.29, 0.717) is 5.82 Å². The summed E-state index contributed by atoms with van der Waals surface area (Å²) in [7, 11) is 0. The number of carbonyl (C=O) groups excluding carboxylic acids is 1. The molecule has 0 unspecified atom stereocenters. The topological polar surface area (TPSA) is 57.8 Å². The van der Waals surface area contributed by atoms with Crippen molar-refractivity contribution in [1.82, 2.24) is 15.3 Å². The third-order valence-corrected chi connectivity index (χ3v) is 4.56. The van der Waals surface area contributed by atoms with Crippen LogP contribution in [0.2, 0.25) is 0 Å². The van der Waals surface area contributed by atoms with Gasteiger partial charge in [-0.25, -0.2) is 18.2 Å². The van der Waals surface area contributed by atoms with E-state index >= 15 is 0 Å². The minimum Gasteiger partial charge on any atom is -0.348 e. The highest BCUT2D eigenvalue weighted by molar-refractivity contribution is 5.94. The predicted octanol–water partition coefficient (Wildman–Crippen LogP) is 5.09. The number of benzene rings is 3. The lowest BCUT2D eigenvalue weighted by atomic mass is 10.1. The van der Waals surface area contributed by atoms with Gasteiger partial charge in [-0.15, -0.1) is 0 Å². The first-order valence-corrected chi connectivity index (χ1v) is 9.13. The van der Waals surface area contributed by atoms with Crippen LogP contribution in [-0.2, 0) is 6.54 Å². The Morgan fingerprint density at radius 2 is 1.67 bits per heavy atom. The zero-order valence-electron chi connectivity index (χ0n) is 15.6. The quantitative estimate of drug-likeness (QED) is 0.484. The van der Waals surface area contributed by atoms with Crippen LogP contribution in [0.4, 0.5) is 13.2 Å². The Kier molecular flexibility index (Phi) is 5.34. The van der Waals surface area contributed by atoms with E-state index in [1.807, 2.05) is 12.1 Å². The fourth-order valence-corrected chi connectivity index (χ4v) is 3.02. The van der Waals surface area contributed by atoms with Gasteiger partial charge in [-0.1, -0.05) is 18.2 Å². The Bertz CT molecular complexity index is 1200. The zero-order chi connectivity index (χ0) is 21.1. The van der Waals surface area contributed by atoms with E-state index in [9.17, 15) is 18.0 Å². The fourth-order valence-electron chi connectivity index (χ4n) is 3.02. The Balaban J connectivity index is 1.49. The van der Waals surface area contributed by atoms with E-state index < -0.39 is 17.5 Å². The normalized spacial score (nSPS) is 10.8. The Morgan fingerprint density at radius 3 is 2.47 bits per heavy atom. The van der Waals surface area contributed by atoms with Gasteiger partial charge >= 0.3 is 0 Å². The molecule has 2 N–H and O–H groups in total. The first-order valence-electron chi connectivity index (χ1n) is 9.13. The van der Waals surface area contributed by atoms with Gasteiger partial charge in [0.2, 0.25) is 0 Å². The molecule has 0 atom stereocenters. The van der Waals surface area contributed by atoms with Crippen molar-refractivity contribution in [3.8, 4) is 22.6 Å². The van der Waals surface area contributed by atoms with Crippen molar-refractivity contribution in [2.75, 3.05) is 0 Å². The van der Waals surface area contributed by atoms with Gasteiger partial charge in [-0.3, -0.25) is 4.79 Å². The lowest BCUT2D eigenvalue weighted by Gasteiger charge is -2.08. The van der Waals surface area contributed by atoms with Crippen LogP contribution in [0.1, 0.15) is 15.9 Å². The van der Waals surface area contributed by atoms with E-state index in [2.05, 4.69) is 15.3 Å². The SMILES string of the molecule is O=C(NCc1cccc(-c2ncc(-c3ccc(F)cc3)[nH]2)c1)c1cc(F)ccc1F. The summed E-state index contributed by atoms with van der Waals surface area (Å²) in [4.78, 5) is 19.7. The Morgan fingerprint density at radius 1 is 0.900 bits per heavy atom. The van der Waals surface area contributed by atoms with E-state index in [-0.39, 0.29) is 17.9 Å². The summed E-state index contributed by atoms with van der Waals surface area (Å²) in [6.07, 6.45) is 1.66. The Hall–Kier alpha value is -3.87. The second-order valence-electron chi connectivity index (χ2n) is 6.66. The highest BCUT2D eigenvalue weighted by atomic mass is 19.1. The molecule has 0 bridgehead atoms. The number of hydrogen-bond donors (Lipinski definition) is 2. The fraction of sp³-hybridized carbons (Fsp3) is 0.0435. The van der Waals surface area contributed by atoms with Crippen LogP contribution in [0.25, 0.3) is 22.6 Å². The summed E-state index contributed by atoms with van der Waals surface area (Å²) in [6.45, 7) is 0.133. The summed E-state index contributed by atoms with van der Waals surface area (Å²) >= 11 is 0. The molecule has 1 amide bonds. The second-order valence-corrected chi connectivity index (χ2v) is 6.66. The maximum atomic E-state index is 13.7. The van der Waals surface area contributed by atoms with Gasteiger partial charge in [0.25, 0.3) is 5.91 Å². The second kappa shape index (κ2) is 8.24. The number of halogens is 3. The van der Waals surface area contributed by atoms with Crippen molar-refractivity contribution in [3.63, 3.8) is 0 Å². The zero-order valence-corrected chi connectivity index (χ0v) is 15.6. The van der Waals surface area contributed by atoms with Crippen LogP contribution < -0.4 is 5.32 Å². The van der Waals surface area contributed by atoms with E-state index in [1.165, 1.54) is 12.1 Å². The molecule has 0 aliphatic rings. The Labute approximate surface area is 170 Å². The molecule has 4 aromatic rings. The number of hydrogen-bond acceptors (Lipinski definition) is 2. The molecule has 30 heavy (non-hydrogen) atoms. The number of nitrogens with zero attached hydrogens (tertiary/aromatic N) is 1. The standard InChI is InChI=1S/C23H16F3N3O/c24-17-6-4-15(5-7-17)21-13-27-22(29-21)16-3-1-2-14(10-16)12-28-23(30)19-11-18(25)8-9-20(19)26/h1-11,13H,12H2,(H,27,29)(H,28,30). The molecular weight excluding hydrogens is 391 g/mol. The number of nitrogens with one attached hydrogen (secondary N) is 2. The molecule has 0 radical (unpaired) electrons. The van der Waals surface area contributed by atoms with Crippen LogP contribution in [0.5, 0.6) is 0 Å². The number of amides is 1. The highest BCUT2D eigenvalue weighted by Gasteiger charge is 2.13. The molecule has 0 spiro atoms. The van der Waals surface area contributed by atoms with Crippen LogP contribution in [0.15, 0.2) is 72.9 Å². The summed E-state index contributed by atoms with van der Waals surface area (Å²) in [6, 6.07) is 16.1. The average Bonchev–Trinajstić information content (AvgIpc) is 3.25. The van der Waals surface area contributed by atoms with E-state index in [4.69, 9.17) is 0 Å². The van der Waals surface area contributed by atoms with Crippen molar-refractivity contribution in [2.24, 2.45) is 0 Å². The predicted molar refractivity (Wildman–Crippen MR) is 107 cm³/mol. The maximum Gasteiger partial charge on any atom is 0.254 e. The summed E-state index contributed by atoms with van der Waals surface area (Å²) < 4.78 is 40.1. The molecule has 3 aromatic carbocycles. The first kappa shape index (κ1) is 19.4. The number of H-pyrrole nitrogens is 1. The molecule has 0 aliphatic carbocycles. The molecular formula is C23H16F3N3O. The van der Waals surface area contributed by atoms with Gasteiger partial charge in [-0.05, 0) is 59.7 Å². The maximum absolute atomic E-state index is 13.7. The van der Waals surface area contributed by atoms with Gasteiger partial charge in [0, 0.05) is 12.1 Å². The summed E-state index contributed by atoms with van der Waals surface area (Å²) in [5.74, 6) is -1.87. The molecule has 4 rings (SSSR count). The van der Waals surface area contributed by atoms with E-state index in [0.717, 1.165) is 40.6 Å². The van der Waals surface area contributed by atoms with Gasteiger partial charge in [0.1, 0.15) is 23.3 Å². The van der Waals surface area contributed by atoms with Crippen molar-refractivity contribution in [3.05, 3.63) is 102 Å². The van der Waals surface area contributed by atoms with Crippen molar-refractivity contribution in [2.45, 2.75) is 6.54 Å². The molecule has 1 aromatic heterocycles. The third-order valence-electron chi connectivity index (χ3n) is 4.56. The minimum atomic E-state index is -0.786. The smallest absolute Gasteiger partial charge is 0.254 e. The van der Waals surface area contributed by atoms with Gasteiger partial charge < -0.3 is 10.3 Å². The van der Waals surface area contributed by atoms with Crippen molar-refractivity contribution < 1.29 is 18.0 Å². The van der Waals surface area contributed by atoms with Gasteiger partial charge in [-0.2, -0.15) is 0 Å². The van der Waals surface area contributed by atoms with E-state index in [1.54, 1.807) is 30.5 Å². The molecule has 4 nitrogen and oxygen atoms in total. The number of aromatic nitrogens is 2. The highest BCUT2D eigenvalue weighted by Crippen LogP contribution is 2.23. The monoisotopic (exact) mass is 407 g/mol. The molecule has 0 aliphatic heterocycles. The number of carbonyl (C=O) groups is 1. The van der Waals surface area contributed by atoms with Crippen molar-refractivity contribution in [1.29, 1.82) is 0 Å². The summed E-state index contributed by atoms with van der Waals surface area (Å²) in [5, 5.41) is 2.59. The molecule has 0 saturated heterocycles. The largest absolute Gasteiger partial charge is 0.348 e. The lowest BCUT2D eigenvalue weighted by Crippen LogP contribution is -2.24. The molecule has 150 valence electrons. The van der Waals surface area contributed by atoms with Crippen LogP contribution in [0.3, 0.4) is 0 Å². The third kappa shape index (κ3) is 4.25. The van der Waals surface area contributed by atoms with Crippen LogP contribution in [-0.4, -0.2) is 15.9 Å². The minimum absolute atomic E-state index is 0.133. The lowest BCUT2D eigenvalue weighted by molar-refractivity contribution is 0.0946. The number of imidazole rings is 1. The molecule has 1 heterocycles. The molecule has 7 heteroatoms. The van der Waals surface area contributed by atoms with Crippen LogP contribution in [0, 0.1) is 17.5 Å². The first-order chi connectivity index (χ1) is 14.5. The van der Waals surface area contributed by atoms with Crippen molar-refractivity contribution >= 4 is 5.91 Å². The van der Waals surface area contributed by atoms with Gasteiger partial charge in [0.05, 0.1) is 17.5 Å². The summed E-state index contributed by atoms with van der Waals surface area (Å²) in [5.41, 5.74) is 2.74. The van der Waals surface area contributed by atoms with Crippen LogP contribution >= 0.6 is 0 Å². The number of aromatic amines is 1. The molecule has 0 fully saturated rings.